The highest BCUT2D eigenvalue weighted by molar-refractivity contribution is 7.71. The summed E-state index contributed by atoms with van der Waals surface area (Å²) in [5.41, 5.74) is -4.75. The Morgan fingerprint density at radius 1 is 1.04 bits per heavy atom. The van der Waals surface area contributed by atoms with E-state index in [9.17, 15) is 27.5 Å². The van der Waals surface area contributed by atoms with E-state index in [1.54, 1.807) is 31.4 Å². The van der Waals surface area contributed by atoms with Crippen LogP contribution in [0.15, 0.2) is 47.3 Å². The summed E-state index contributed by atoms with van der Waals surface area (Å²) >= 11 is 0. The molecule has 4 aliphatic rings. The predicted octanol–water partition coefficient (Wildman–Crippen LogP) is 6.75. The Labute approximate surface area is 255 Å². The molecule has 2 fully saturated rings. The smallest absolute Gasteiger partial charge is 0.339 e. The van der Waals surface area contributed by atoms with Gasteiger partial charge in [0.1, 0.15) is 11.4 Å². The van der Waals surface area contributed by atoms with Crippen LogP contribution in [-0.4, -0.2) is 64.7 Å². The number of alkyl halides is 3. The lowest BCUT2D eigenvalue weighted by Crippen LogP contribution is -2.56. The minimum atomic E-state index is -4.22. The standard InChI is InChI=1S/C32H29F6N2O4P/c1-16-26(33)24(25(29(41)42)28(35)27(16)34)23-19-8-6-17(39-12-31(5,36)13-39)10-21(19)45(43,44-30(2,3)4)22-11-18(7-9-20(22)23)40-14-32(37,38)15-40/h6-11H,12-15H2,1-5H3/p+1. The van der Waals surface area contributed by atoms with E-state index in [1.165, 1.54) is 42.2 Å². The summed E-state index contributed by atoms with van der Waals surface area (Å²) in [6.07, 6.45) is 4.48. The first kappa shape index (κ1) is 31.4. The molecule has 0 bridgehead atoms. The fourth-order valence-electron chi connectivity index (χ4n) is 6.21. The number of carboxylic acids is 1. The van der Waals surface area contributed by atoms with E-state index >= 15 is 13.3 Å². The highest BCUT2D eigenvalue weighted by atomic mass is 31.2. The third-order valence-corrected chi connectivity index (χ3v) is 11.0. The van der Waals surface area contributed by atoms with Crippen molar-refractivity contribution in [1.29, 1.82) is 0 Å². The zero-order valence-electron chi connectivity index (χ0n) is 25.1. The normalized spacial score (nSPS) is 25.4. The molecule has 6 rings (SSSR count). The molecule has 2 aromatic carbocycles. The maximum absolute atomic E-state index is 16.1. The fourth-order valence-corrected chi connectivity index (χ4v) is 9.05. The summed E-state index contributed by atoms with van der Waals surface area (Å²) in [5.74, 6) is -9.65. The Kier molecular flexibility index (Phi) is 6.92. The summed E-state index contributed by atoms with van der Waals surface area (Å²) < 4.78 is 112. The summed E-state index contributed by atoms with van der Waals surface area (Å²) in [6.45, 7) is 6.19. The quantitative estimate of drug-likeness (QED) is 0.172. The molecule has 0 aromatic heterocycles. The van der Waals surface area contributed by atoms with Crippen molar-refractivity contribution >= 4 is 35.6 Å². The first-order chi connectivity index (χ1) is 20.7. The number of rotatable bonds is 4. The first-order valence-electron chi connectivity index (χ1n) is 14.2. The second-order valence-corrected chi connectivity index (χ2v) is 15.4. The second-order valence-electron chi connectivity index (χ2n) is 13.1. The van der Waals surface area contributed by atoms with Crippen LogP contribution in [0.4, 0.5) is 32.0 Å². The molecule has 1 unspecified atom stereocenters. The van der Waals surface area contributed by atoms with Crippen molar-refractivity contribution in [3.05, 3.63) is 87.0 Å². The summed E-state index contributed by atoms with van der Waals surface area (Å²) in [7, 11) is -4.22. The zero-order valence-corrected chi connectivity index (χ0v) is 26.0. The number of allylic oxidation sites excluding steroid dienone is 5. The lowest BCUT2D eigenvalue weighted by Gasteiger charge is -2.42. The lowest BCUT2D eigenvalue weighted by atomic mass is 9.85. The van der Waals surface area contributed by atoms with Crippen molar-refractivity contribution in [1.82, 2.24) is 0 Å². The van der Waals surface area contributed by atoms with Crippen molar-refractivity contribution in [3.8, 4) is 0 Å². The SMILES string of the molecule is Cc1c(F)c(F)c(C(=O)O)c(C2=C3C=CC(=[N+]4CC(C)(F)C4)C=C3P(=O)(OC(C)(C)C)c3cc(N4CC(F)(F)C4)ccc32)c1F. The summed E-state index contributed by atoms with van der Waals surface area (Å²) in [5, 5.41) is 9.93. The van der Waals surface area contributed by atoms with E-state index in [2.05, 4.69) is 0 Å². The minimum Gasteiger partial charge on any atom is -0.478 e. The molecule has 238 valence electrons. The molecular formula is C32H30F6N2O4P+. The Bertz CT molecular complexity index is 1870. The Hall–Kier alpha value is -3.63. The van der Waals surface area contributed by atoms with Crippen LogP contribution in [0.1, 0.15) is 54.7 Å². The van der Waals surface area contributed by atoms with Gasteiger partial charge in [-0.05, 0) is 64.0 Å². The number of anilines is 1. The molecule has 6 nitrogen and oxygen atoms in total. The first-order valence-corrected chi connectivity index (χ1v) is 15.8. The molecule has 3 aliphatic heterocycles. The van der Waals surface area contributed by atoms with Gasteiger partial charge in [-0.3, -0.25) is 4.57 Å². The van der Waals surface area contributed by atoms with Gasteiger partial charge < -0.3 is 14.5 Å². The molecular weight excluding hydrogens is 621 g/mol. The molecule has 0 saturated carbocycles. The average molecular weight is 652 g/mol. The molecule has 0 amide bonds. The molecule has 3 heterocycles. The number of aromatic carboxylic acids is 1. The van der Waals surface area contributed by atoms with Gasteiger partial charge in [-0.2, -0.15) is 0 Å². The number of fused-ring (bicyclic) bond motifs is 2. The van der Waals surface area contributed by atoms with Gasteiger partial charge in [0.05, 0.1) is 29.3 Å². The molecule has 13 heteroatoms. The van der Waals surface area contributed by atoms with Crippen LogP contribution in [0.5, 0.6) is 0 Å². The number of benzene rings is 2. The highest BCUT2D eigenvalue weighted by Gasteiger charge is 2.50. The molecule has 45 heavy (non-hydrogen) atoms. The van der Waals surface area contributed by atoms with Crippen LogP contribution >= 0.6 is 7.37 Å². The predicted molar refractivity (Wildman–Crippen MR) is 157 cm³/mol. The van der Waals surface area contributed by atoms with Crippen LogP contribution in [0.2, 0.25) is 0 Å². The van der Waals surface area contributed by atoms with Crippen LogP contribution in [0, 0.1) is 24.4 Å². The largest absolute Gasteiger partial charge is 0.478 e. The Balaban J connectivity index is 1.72. The number of carboxylic acid groups (broad SMARTS) is 1. The van der Waals surface area contributed by atoms with E-state index in [1.807, 2.05) is 0 Å². The maximum Gasteiger partial charge on any atom is 0.339 e. The van der Waals surface area contributed by atoms with E-state index < -0.39 is 77.8 Å². The molecule has 1 N–H and O–H groups in total. The van der Waals surface area contributed by atoms with Gasteiger partial charge in [0.15, 0.2) is 24.7 Å². The average Bonchev–Trinajstić information content (AvgIpc) is 2.90. The number of halogens is 6. The zero-order chi connectivity index (χ0) is 33.0. The third-order valence-electron chi connectivity index (χ3n) is 8.16. The van der Waals surface area contributed by atoms with E-state index in [-0.39, 0.29) is 46.1 Å². The third kappa shape index (κ3) is 5.06. The summed E-state index contributed by atoms with van der Waals surface area (Å²) in [4.78, 5) is 13.7. The van der Waals surface area contributed by atoms with Crippen molar-refractivity contribution in [2.24, 2.45) is 0 Å². The van der Waals surface area contributed by atoms with E-state index in [4.69, 9.17) is 4.52 Å². The Morgan fingerprint density at radius 2 is 1.69 bits per heavy atom. The van der Waals surface area contributed by atoms with Crippen LogP contribution < -0.4 is 10.2 Å². The summed E-state index contributed by atoms with van der Waals surface area (Å²) in [6, 6.07) is 4.18. The number of nitrogens with zero attached hydrogens (tertiary/aromatic N) is 2. The van der Waals surface area contributed by atoms with Crippen molar-refractivity contribution in [2.45, 2.75) is 51.8 Å². The van der Waals surface area contributed by atoms with Gasteiger partial charge in [-0.15, -0.1) is 0 Å². The van der Waals surface area contributed by atoms with Crippen molar-refractivity contribution in [2.75, 3.05) is 31.1 Å². The van der Waals surface area contributed by atoms with Gasteiger partial charge in [-0.1, -0.05) is 6.07 Å². The van der Waals surface area contributed by atoms with Gasteiger partial charge in [-0.25, -0.2) is 35.7 Å². The molecule has 2 saturated heterocycles. The number of hydrogen-bond acceptors (Lipinski definition) is 4. The molecule has 1 aliphatic carbocycles. The van der Waals surface area contributed by atoms with Crippen molar-refractivity contribution in [3.63, 3.8) is 0 Å². The minimum absolute atomic E-state index is 0.00546. The van der Waals surface area contributed by atoms with Gasteiger partial charge in [0.2, 0.25) is 11.4 Å². The van der Waals surface area contributed by atoms with Crippen molar-refractivity contribution < 1.29 is 49.9 Å². The number of carbonyl (C=O) groups is 1. The fraction of sp³-hybridized carbons (Fsp3) is 0.375. The Morgan fingerprint density at radius 3 is 2.24 bits per heavy atom. The second kappa shape index (κ2) is 9.93. The number of hydrogen-bond donors (Lipinski definition) is 1. The monoisotopic (exact) mass is 651 g/mol. The van der Waals surface area contributed by atoms with Gasteiger partial charge >= 0.3 is 5.97 Å². The van der Waals surface area contributed by atoms with E-state index in [0.717, 1.165) is 6.92 Å². The highest BCUT2D eigenvalue weighted by Crippen LogP contribution is 2.65. The van der Waals surface area contributed by atoms with Crippen LogP contribution in [0.3, 0.4) is 0 Å². The van der Waals surface area contributed by atoms with Crippen LogP contribution in [-0.2, 0) is 9.09 Å². The molecule has 0 radical (unpaired) electrons. The molecule has 0 spiro atoms. The van der Waals surface area contributed by atoms with E-state index in [0.29, 0.717) is 5.71 Å². The van der Waals surface area contributed by atoms with Gasteiger partial charge in [0, 0.05) is 34.5 Å². The van der Waals surface area contributed by atoms with Crippen LogP contribution in [0.25, 0.3) is 5.57 Å². The lowest BCUT2D eigenvalue weighted by molar-refractivity contribution is -0.619. The molecule has 2 aromatic rings. The topological polar surface area (TPSA) is 69.8 Å². The molecule has 1 atom stereocenters. The maximum atomic E-state index is 16.1. The van der Waals surface area contributed by atoms with Gasteiger partial charge in [0.25, 0.3) is 13.3 Å².